The first-order valence-electron chi connectivity index (χ1n) is 4.68. The van der Waals surface area contributed by atoms with Gasteiger partial charge in [0.2, 0.25) is 0 Å². The maximum absolute atomic E-state index is 11.9. The molecule has 2 heterocycles. The number of amides is 1. The number of nitrogens with one attached hydrogen (secondary N) is 1. The molecule has 0 spiro atoms. The average Bonchev–Trinajstić information content (AvgIpc) is 2.87. The van der Waals surface area contributed by atoms with Gasteiger partial charge >= 0.3 is 0 Å². The number of H-pyrrole nitrogens is 1. The molecule has 1 fully saturated rings. The number of halogens is 1. The highest BCUT2D eigenvalue weighted by atomic mass is 79.9. The highest BCUT2D eigenvalue weighted by Gasteiger charge is 2.28. The molecule has 0 saturated carbocycles. The van der Waals surface area contributed by atoms with Crippen molar-refractivity contribution in [1.29, 1.82) is 0 Å². The molecule has 1 aliphatic heterocycles. The second kappa shape index (κ2) is 4.13. The molecule has 1 saturated heterocycles. The van der Waals surface area contributed by atoms with Crippen molar-refractivity contribution >= 4 is 21.8 Å². The van der Waals surface area contributed by atoms with Gasteiger partial charge in [0.25, 0.3) is 5.91 Å². The van der Waals surface area contributed by atoms with Crippen LogP contribution >= 0.6 is 15.9 Å². The van der Waals surface area contributed by atoms with Gasteiger partial charge in [-0.25, -0.2) is 0 Å². The molecule has 76 valence electrons. The Balaban J connectivity index is 2.11. The lowest BCUT2D eigenvalue weighted by Crippen LogP contribution is -2.36. The summed E-state index contributed by atoms with van der Waals surface area (Å²) in [6.45, 7) is 0.861. The second-order valence-corrected chi connectivity index (χ2v) is 4.08. The number of rotatable bonds is 2. The zero-order valence-electron chi connectivity index (χ0n) is 7.74. The number of carbonyl (C=O) groups is 1. The van der Waals surface area contributed by atoms with Gasteiger partial charge in [-0.3, -0.25) is 9.89 Å². The predicted octanol–water partition coefficient (Wildman–Crippen LogP) is 1.41. The normalized spacial score (nSPS) is 21.5. The van der Waals surface area contributed by atoms with Crippen molar-refractivity contribution in [2.24, 2.45) is 0 Å². The molecule has 1 N–H and O–H groups in total. The lowest BCUT2D eigenvalue weighted by atomic mass is 10.2. The summed E-state index contributed by atoms with van der Waals surface area (Å²) in [5.41, 5.74) is 0.651. The molecule has 1 aliphatic rings. The SMILES string of the molecule is O=C(c1cn[nH]c1)N1CCCC1CBr. The highest BCUT2D eigenvalue weighted by molar-refractivity contribution is 9.09. The molecule has 0 aliphatic carbocycles. The molecule has 1 amide bonds. The molecule has 1 unspecified atom stereocenters. The number of nitrogens with zero attached hydrogens (tertiary/aromatic N) is 2. The molecule has 0 bridgehead atoms. The molecule has 1 aromatic rings. The van der Waals surface area contributed by atoms with Gasteiger partial charge in [0.05, 0.1) is 11.8 Å². The van der Waals surface area contributed by atoms with E-state index < -0.39 is 0 Å². The Labute approximate surface area is 90.8 Å². The number of alkyl halides is 1. The fourth-order valence-electron chi connectivity index (χ4n) is 1.80. The van der Waals surface area contributed by atoms with E-state index in [1.165, 1.54) is 0 Å². The molecule has 1 atom stereocenters. The van der Waals surface area contributed by atoms with Gasteiger partial charge in [0, 0.05) is 24.1 Å². The summed E-state index contributed by atoms with van der Waals surface area (Å²) >= 11 is 3.43. The Morgan fingerprint density at radius 3 is 3.29 bits per heavy atom. The van der Waals surface area contributed by atoms with Crippen LogP contribution in [0.25, 0.3) is 0 Å². The molecule has 14 heavy (non-hydrogen) atoms. The summed E-state index contributed by atoms with van der Waals surface area (Å²) in [5, 5.41) is 7.30. The number of hydrogen-bond donors (Lipinski definition) is 1. The van der Waals surface area contributed by atoms with E-state index in [0.717, 1.165) is 24.7 Å². The fourth-order valence-corrected chi connectivity index (χ4v) is 2.47. The van der Waals surface area contributed by atoms with Gasteiger partial charge in [-0.2, -0.15) is 5.10 Å². The van der Waals surface area contributed by atoms with Gasteiger partial charge < -0.3 is 4.90 Å². The lowest BCUT2D eigenvalue weighted by molar-refractivity contribution is 0.0750. The first kappa shape index (κ1) is 9.71. The van der Waals surface area contributed by atoms with Crippen LogP contribution in [0, 0.1) is 0 Å². The number of carbonyl (C=O) groups excluding carboxylic acids is 1. The zero-order chi connectivity index (χ0) is 9.97. The summed E-state index contributed by atoms with van der Waals surface area (Å²) in [4.78, 5) is 13.8. The van der Waals surface area contributed by atoms with Gasteiger partial charge in [0.1, 0.15) is 0 Å². The molecule has 2 rings (SSSR count). The standard InChI is InChI=1S/C9H12BrN3O/c10-4-8-2-1-3-13(8)9(14)7-5-11-12-6-7/h5-6,8H,1-4H2,(H,11,12). The van der Waals surface area contributed by atoms with Gasteiger partial charge in [-0.05, 0) is 12.8 Å². The van der Waals surface area contributed by atoms with Crippen LogP contribution in [-0.2, 0) is 0 Å². The number of aromatic nitrogens is 2. The van der Waals surface area contributed by atoms with E-state index in [0.29, 0.717) is 11.6 Å². The van der Waals surface area contributed by atoms with Crippen LogP contribution in [0.15, 0.2) is 12.4 Å². The summed E-state index contributed by atoms with van der Waals surface area (Å²) in [5.74, 6) is 0.0840. The van der Waals surface area contributed by atoms with Crippen LogP contribution < -0.4 is 0 Å². The summed E-state index contributed by atoms with van der Waals surface area (Å²) < 4.78 is 0. The van der Waals surface area contributed by atoms with Crippen LogP contribution in [0.3, 0.4) is 0 Å². The molecule has 1 aromatic heterocycles. The van der Waals surface area contributed by atoms with Crippen LogP contribution in [0.2, 0.25) is 0 Å². The minimum atomic E-state index is 0.0840. The molecule has 0 aromatic carbocycles. The summed E-state index contributed by atoms with van der Waals surface area (Å²) in [6.07, 6.45) is 5.41. The largest absolute Gasteiger partial charge is 0.335 e. The van der Waals surface area contributed by atoms with Crippen LogP contribution in [0.5, 0.6) is 0 Å². The Morgan fingerprint density at radius 2 is 2.64 bits per heavy atom. The maximum Gasteiger partial charge on any atom is 0.257 e. The van der Waals surface area contributed by atoms with Crippen molar-refractivity contribution in [3.63, 3.8) is 0 Å². The first-order valence-corrected chi connectivity index (χ1v) is 5.81. The second-order valence-electron chi connectivity index (χ2n) is 3.44. The topological polar surface area (TPSA) is 49.0 Å². The number of likely N-dealkylation sites (tertiary alicyclic amines) is 1. The first-order chi connectivity index (χ1) is 6.83. The Bertz CT molecular complexity index is 312. The summed E-state index contributed by atoms with van der Waals surface area (Å²) in [6, 6.07) is 0.345. The molecular weight excluding hydrogens is 246 g/mol. The Hall–Kier alpha value is -0.840. The fraction of sp³-hybridized carbons (Fsp3) is 0.556. The number of aromatic amines is 1. The predicted molar refractivity (Wildman–Crippen MR) is 56.4 cm³/mol. The summed E-state index contributed by atoms with van der Waals surface area (Å²) in [7, 11) is 0. The zero-order valence-corrected chi connectivity index (χ0v) is 9.33. The van der Waals surface area contributed by atoms with Crippen molar-refractivity contribution in [2.75, 3.05) is 11.9 Å². The van der Waals surface area contributed by atoms with Gasteiger partial charge in [-0.1, -0.05) is 15.9 Å². The van der Waals surface area contributed by atoms with E-state index in [2.05, 4.69) is 26.1 Å². The lowest BCUT2D eigenvalue weighted by Gasteiger charge is -2.22. The molecule has 4 nitrogen and oxygen atoms in total. The third-order valence-electron chi connectivity index (χ3n) is 2.56. The van der Waals surface area contributed by atoms with Crippen LogP contribution in [-0.4, -0.2) is 38.9 Å². The average molecular weight is 258 g/mol. The highest BCUT2D eigenvalue weighted by Crippen LogP contribution is 2.20. The van der Waals surface area contributed by atoms with Crippen molar-refractivity contribution in [2.45, 2.75) is 18.9 Å². The maximum atomic E-state index is 11.9. The number of hydrogen-bond acceptors (Lipinski definition) is 2. The van der Waals surface area contributed by atoms with Crippen molar-refractivity contribution in [1.82, 2.24) is 15.1 Å². The van der Waals surface area contributed by atoms with Crippen molar-refractivity contribution in [3.05, 3.63) is 18.0 Å². The van der Waals surface area contributed by atoms with Gasteiger partial charge in [-0.15, -0.1) is 0 Å². The quantitative estimate of drug-likeness (QED) is 0.815. The van der Waals surface area contributed by atoms with E-state index in [1.807, 2.05) is 4.90 Å². The molecular formula is C9H12BrN3O. The van der Waals surface area contributed by atoms with E-state index >= 15 is 0 Å². The minimum absolute atomic E-state index is 0.0840. The van der Waals surface area contributed by atoms with E-state index in [1.54, 1.807) is 12.4 Å². The monoisotopic (exact) mass is 257 g/mol. The third kappa shape index (κ3) is 1.68. The van der Waals surface area contributed by atoms with E-state index in [-0.39, 0.29) is 5.91 Å². The third-order valence-corrected chi connectivity index (χ3v) is 3.31. The van der Waals surface area contributed by atoms with Gasteiger partial charge in [0.15, 0.2) is 0 Å². The van der Waals surface area contributed by atoms with Crippen LogP contribution in [0.1, 0.15) is 23.2 Å². The Morgan fingerprint density at radius 1 is 1.79 bits per heavy atom. The minimum Gasteiger partial charge on any atom is -0.335 e. The smallest absolute Gasteiger partial charge is 0.257 e. The van der Waals surface area contributed by atoms with Crippen LogP contribution in [0.4, 0.5) is 0 Å². The van der Waals surface area contributed by atoms with Crippen molar-refractivity contribution in [3.8, 4) is 0 Å². The van der Waals surface area contributed by atoms with Crippen molar-refractivity contribution < 1.29 is 4.79 Å². The molecule has 0 radical (unpaired) electrons. The van der Waals surface area contributed by atoms with E-state index in [4.69, 9.17) is 0 Å². The molecule has 5 heteroatoms. The van der Waals surface area contributed by atoms with E-state index in [9.17, 15) is 4.79 Å². The Kier molecular flexibility index (Phi) is 2.86.